The number of rotatable bonds is 4. The molecule has 4 amide bonds. The molecule has 10 heteroatoms. The maximum absolute atomic E-state index is 12.7. The maximum atomic E-state index is 12.7. The van der Waals surface area contributed by atoms with Gasteiger partial charge in [-0.25, -0.2) is 17.5 Å². The molecule has 3 N–H and O–H groups in total. The highest BCUT2D eigenvalue weighted by Crippen LogP contribution is 2.25. The zero-order valence-corrected chi connectivity index (χ0v) is 14.3. The van der Waals surface area contributed by atoms with Crippen molar-refractivity contribution in [2.75, 3.05) is 13.1 Å². The second kappa shape index (κ2) is 6.32. The van der Waals surface area contributed by atoms with Gasteiger partial charge in [-0.2, -0.15) is 0 Å². The number of hydrogen-bond donors (Lipinski definition) is 3. The summed E-state index contributed by atoms with van der Waals surface area (Å²) in [5.41, 5.74) is 0. The van der Waals surface area contributed by atoms with Crippen molar-refractivity contribution >= 4 is 27.9 Å². The van der Waals surface area contributed by atoms with E-state index in [0.717, 1.165) is 12.8 Å². The van der Waals surface area contributed by atoms with Gasteiger partial charge in [0.25, 0.3) is 0 Å². The standard InChI is InChI=1S/C14H22N4O5S/c1-8-11(13(20)17-14(21)15-8)24(22,23)18-6-4-9(5-7-18)12(19)16-10-2-3-10/h8-11H,2-7H2,1H3,(H,16,19)(H2,15,17,20,21). The van der Waals surface area contributed by atoms with E-state index in [1.165, 1.54) is 11.2 Å². The molecule has 0 aromatic carbocycles. The lowest BCUT2D eigenvalue weighted by molar-refractivity contribution is -0.126. The fourth-order valence-corrected chi connectivity index (χ4v) is 5.16. The van der Waals surface area contributed by atoms with Crippen LogP contribution in [0.4, 0.5) is 4.79 Å². The summed E-state index contributed by atoms with van der Waals surface area (Å²) in [4.78, 5) is 35.3. The van der Waals surface area contributed by atoms with E-state index in [9.17, 15) is 22.8 Å². The number of imide groups is 1. The molecule has 134 valence electrons. The second-order valence-corrected chi connectivity index (χ2v) is 8.73. The smallest absolute Gasteiger partial charge is 0.321 e. The Morgan fingerprint density at radius 1 is 1.17 bits per heavy atom. The fraction of sp³-hybridized carbons (Fsp3) is 0.786. The number of sulfonamides is 1. The molecule has 2 aliphatic heterocycles. The molecule has 0 radical (unpaired) electrons. The van der Waals surface area contributed by atoms with E-state index < -0.39 is 33.3 Å². The minimum atomic E-state index is -3.89. The Morgan fingerprint density at radius 3 is 2.33 bits per heavy atom. The molecular weight excluding hydrogens is 336 g/mol. The summed E-state index contributed by atoms with van der Waals surface area (Å²) >= 11 is 0. The molecule has 3 aliphatic rings. The van der Waals surface area contributed by atoms with Gasteiger partial charge in [-0.3, -0.25) is 14.9 Å². The predicted molar refractivity (Wildman–Crippen MR) is 84.3 cm³/mol. The molecule has 2 heterocycles. The predicted octanol–water partition coefficient (Wildman–Crippen LogP) is -1.10. The highest BCUT2D eigenvalue weighted by molar-refractivity contribution is 7.90. The van der Waals surface area contributed by atoms with Crippen LogP contribution in [-0.2, 0) is 19.6 Å². The minimum absolute atomic E-state index is 0.00871. The molecule has 3 fully saturated rings. The lowest BCUT2D eigenvalue weighted by Gasteiger charge is -2.36. The van der Waals surface area contributed by atoms with Crippen molar-refractivity contribution in [1.82, 2.24) is 20.3 Å². The van der Waals surface area contributed by atoms with E-state index in [0.29, 0.717) is 12.8 Å². The molecule has 0 aromatic heterocycles. The number of amides is 4. The van der Waals surface area contributed by atoms with E-state index in [2.05, 4.69) is 10.6 Å². The summed E-state index contributed by atoms with van der Waals surface area (Å²) in [6.07, 6.45) is 2.90. The maximum Gasteiger partial charge on any atom is 0.321 e. The highest BCUT2D eigenvalue weighted by atomic mass is 32.2. The molecule has 1 aliphatic carbocycles. The number of carbonyl (C=O) groups is 3. The molecule has 2 saturated heterocycles. The van der Waals surface area contributed by atoms with Gasteiger partial charge in [0.2, 0.25) is 21.8 Å². The number of urea groups is 1. The number of piperidine rings is 1. The average Bonchev–Trinajstić information content (AvgIpc) is 3.30. The number of carbonyl (C=O) groups excluding carboxylic acids is 3. The summed E-state index contributed by atoms with van der Waals surface area (Å²) in [6.45, 7) is 1.90. The van der Waals surface area contributed by atoms with Gasteiger partial charge in [0.05, 0.1) is 6.04 Å². The van der Waals surface area contributed by atoms with E-state index >= 15 is 0 Å². The van der Waals surface area contributed by atoms with Gasteiger partial charge in [0, 0.05) is 25.0 Å². The van der Waals surface area contributed by atoms with Crippen LogP contribution >= 0.6 is 0 Å². The van der Waals surface area contributed by atoms with Crippen molar-refractivity contribution in [1.29, 1.82) is 0 Å². The Labute approximate surface area is 140 Å². The third-order valence-electron chi connectivity index (χ3n) is 4.74. The van der Waals surface area contributed by atoms with Crippen LogP contribution < -0.4 is 16.0 Å². The molecule has 9 nitrogen and oxygen atoms in total. The number of nitrogens with zero attached hydrogens (tertiary/aromatic N) is 1. The summed E-state index contributed by atoms with van der Waals surface area (Å²) in [5.74, 6) is -1.00. The van der Waals surface area contributed by atoms with Crippen LogP contribution in [0.25, 0.3) is 0 Å². The zero-order chi connectivity index (χ0) is 17.5. The summed E-state index contributed by atoms with van der Waals surface area (Å²) in [7, 11) is -3.89. The number of nitrogens with one attached hydrogen (secondary N) is 3. The summed E-state index contributed by atoms with van der Waals surface area (Å²) in [5, 5.41) is 6.02. The molecule has 24 heavy (non-hydrogen) atoms. The Bertz CT molecular complexity index is 652. The van der Waals surface area contributed by atoms with Crippen LogP contribution in [0.1, 0.15) is 32.6 Å². The molecular formula is C14H22N4O5S. The quantitative estimate of drug-likeness (QED) is 0.589. The normalized spacial score (nSPS) is 29.7. The monoisotopic (exact) mass is 358 g/mol. The van der Waals surface area contributed by atoms with Gasteiger partial charge in [0.15, 0.2) is 5.25 Å². The molecule has 2 atom stereocenters. The molecule has 1 saturated carbocycles. The molecule has 2 unspecified atom stereocenters. The van der Waals surface area contributed by atoms with Crippen molar-refractivity contribution < 1.29 is 22.8 Å². The molecule has 0 spiro atoms. The Kier molecular flexibility index (Phi) is 4.52. The second-order valence-electron chi connectivity index (χ2n) is 6.67. The third-order valence-corrected chi connectivity index (χ3v) is 7.09. The van der Waals surface area contributed by atoms with Crippen LogP contribution in [0.5, 0.6) is 0 Å². The van der Waals surface area contributed by atoms with E-state index in [4.69, 9.17) is 0 Å². The van der Waals surface area contributed by atoms with E-state index in [1.54, 1.807) is 0 Å². The molecule has 0 aromatic rings. The lowest BCUT2D eigenvalue weighted by Crippen LogP contribution is -2.64. The van der Waals surface area contributed by atoms with Gasteiger partial charge >= 0.3 is 6.03 Å². The molecule has 0 bridgehead atoms. The lowest BCUT2D eigenvalue weighted by atomic mass is 9.97. The topological polar surface area (TPSA) is 125 Å². The fourth-order valence-electron chi connectivity index (χ4n) is 3.20. The summed E-state index contributed by atoms with van der Waals surface area (Å²) < 4.78 is 26.7. The third kappa shape index (κ3) is 3.39. The van der Waals surface area contributed by atoms with Crippen molar-refractivity contribution in [2.45, 2.75) is 49.9 Å². The number of hydrogen-bond acceptors (Lipinski definition) is 5. The van der Waals surface area contributed by atoms with Crippen molar-refractivity contribution in [3.8, 4) is 0 Å². The zero-order valence-electron chi connectivity index (χ0n) is 13.4. The van der Waals surface area contributed by atoms with Crippen molar-refractivity contribution in [2.24, 2.45) is 5.92 Å². The molecule has 3 rings (SSSR count). The van der Waals surface area contributed by atoms with Gasteiger partial charge in [0.1, 0.15) is 0 Å². The van der Waals surface area contributed by atoms with Crippen LogP contribution in [0.2, 0.25) is 0 Å². The van der Waals surface area contributed by atoms with Crippen LogP contribution in [0.15, 0.2) is 0 Å². The van der Waals surface area contributed by atoms with Crippen molar-refractivity contribution in [3.05, 3.63) is 0 Å². The van der Waals surface area contributed by atoms with Gasteiger partial charge < -0.3 is 10.6 Å². The highest BCUT2D eigenvalue weighted by Gasteiger charge is 2.46. The first-order valence-electron chi connectivity index (χ1n) is 8.19. The van der Waals surface area contributed by atoms with Crippen LogP contribution in [0, 0.1) is 5.92 Å². The Hall–Kier alpha value is -1.68. The Morgan fingerprint density at radius 2 is 1.79 bits per heavy atom. The van der Waals surface area contributed by atoms with Gasteiger partial charge in [-0.15, -0.1) is 0 Å². The summed E-state index contributed by atoms with van der Waals surface area (Å²) in [6, 6.07) is -1.20. The Balaban J connectivity index is 1.63. The van der Waals surface area contributed by atoms with Gasteiger partial charge in [-0.1, -0.05) is 0 Å². The van der Waals surface area contributed by atoms with E-state index in [1.807, 2.05) is 5.32 Å². The largest absolute Gasteiger partial charge is 0.353 e. The first kappa shape index (κ1) is 17.2. The van der Waals surface area contributed by atoms with Gasteiger partial charge in [-0.05, 0) is 32.6 Å². The van der Waals surface area contributed by atoms with Crippen LogP contribution in [-0.4, -0.2) is 61.0 Å². The van der Waals surface area contributed by atoms with Crippen molar-refractivity contribution in [3.63, 3.8) is 0 Å². The SMILES string of the molecule is CC1NC(=O)NC(=O)C1S(=O)(=O)N1CCC(C(=O)NC2CC2)CC1. The van der Waals surface area contributed by atoms with E-state index in [-0.39, 0.29) is 31.0 Å². The first-order valence-corrected chi connectivity index (χ1v) is 9.70. The minimum Gasteiger partial charge on any atom is -0.353 e. The average molecular weight is 358 g/mol. The first-order chi connectivity index (χ1) is 11.3. The van der Waals surface area contributed by atoms with Crippen LogP contribution in [0.3, 0.4) is 0 Å².